The summed E-state index contributed by atoms with van der Waals surface area (Å²) in [5.74, 6) is 0.563. The minimum absolute atomic E-state index is 0.0388. The summed E-state index contributed by atoms with van der Waals surface area (Å²) >= 11 is 0. The van der Waals surface area contributed by atoms with E-state index >= 15 is 0 Å². The third kappa shape index (κ3) is 7.64. The number of rotatable bonds is 5. The van der Waals surface area contributed by atoms with Crippen molar-refractivity contribution in [2.45, 2.75) is 77.5 Å². The van der Waals surface area contributed by atoms with Crippen molar-refractivity contribution >= 4 is 18.0 Å². The first-order valence-electron chi connectivity index (χ1n) is 10.1. The molecule has 154 valence electrons. The van der Waals surface area contributed by atoms with E-state index in [9.17, 15) is 9.59 Å². The zero-order valence-electron chi connectivity index (χ0n) is 17.1. The largest absolute Gasteiger partial charge is 0.444 e. The summed E-state index contributed by atoms with van der Waals surface area (Å²) in [4.78, 5) is 30.1. The van der Waals surface area contributed by atoms with E-state index in [0.717, 1.165) is 12.8 Å². The topological polar surface area (TPSA) is 95.1 Å². The van der Waals surface area contributed by atoms with E-state index in [4.69, 9.17) is 4.74 Å². The Bertz CT molecular complexity index is 532. The molecule has 0 aromatic rings. The van der Waals surface area contributed by atoms with Gasteiger partial charge >= 0.3 is 6.09 Å². The molecule has 2 amide bonds. The van der Waals surface area contributed by atoms with Crippen molar-refractivity contribution < 1.29 is 14.3 Å². The van der Waals surface area contributed by atoms with Gasteiger partial charge in [-0.15, -0.1) is 0 Å². The Labute approximate surface area is 162 Å². The van der Waals surface area contributed by atoms with Crippen LogP contribution in [0.5, 0.6) is 0 Å². The average Bonchev–Trinajstić information content (AvgIpc) is 2.54. The van der Waals surface area contributed by atoms with E-state index in [2.05, 4.69) is 20.9 Å². The van der Waals surface area contributed by atoms with Crippen molar-refractivity contribution in [1.29, 1.82) is 0 Å². The molecule has 0 unspecified atom stereocenters. The van der Waals surface area contributed by atoms with Crippen LogP contribution in [0.1, 0.15) is 59.8 Å². The number of aliphatic imine (C=N–C) groups is 1. The van der Waals surface area contributed by atoms with Crippen molar-refractivity contribution in [3.63, 3.8) is 0 Å². The van der Waals surface area contributed by atoms with Gasteiger partial charge in [0.25, 0.3) is 0 Å². The summed E-state index contributed by atoms with van der Waals surface area (Å²) in [6.07, 6.45) is 5.48. The summed E-state index contributed by atoms with van der Waals surface area (Å²) in [6, 6.07) is 0.405. The first kappa shape index (κ1) is 21.3. The van der Waals surface area contributed by atoms with Crippen molar-refractivity contribution in [3.05, 3.63) is 0 Å². The van der Waals surface area contributed by atoms with Gasteiger partial charge in [0.2, 0.25) is 5.91 Å². The number of likely N-dealkylation sites (tertiary alicyclic amines) is 1. The second-order valence-corrected chi connectivity index (χ2v) is 8.32. The maximum Gasteiger partial charge on any atom is 0.410 e. The summed E-state index contributed by atoms with van der Waals surface area (Å²) in [5, 5.41) is 9.49. The molecule has 27 heavy (non-hydrogen) atoms. The highest BCUT2D eigenvalue weighted by atomic mass is 16.6. The van der Waals surface area contributed by atoms with E-state index in [1.807, 2.05) is 27.7 Å². The summed E-state index contributed by atoms with van der Waals surface area (Å²) in [6.45, 7) is 9.49. The minimum Gasteiger partial charge on any atom is -0.444 e. The van der Waals surface area contributed by atoms with Crippen LogP contribution in [0.15, 0.2) is 4.99 Å². The van der Waals surface area contributed by atoms with Gasteiger partial charge in [-0.3, -0.25) is 4.79 Å². The highest BCUT2D eigenvalue weighted by molar-refractivity contribution is 5.85. The summed E-state index contributed by atoms with van der Waals surface area (Å²) < 4.78 is 5.35. The number of hydrogen-bond acceptors (Lipinski definition) is 4. The Morgan fingerprint density at radius 1 is 1.07 bits per heavy atom. The second kappa shape index (κ2) is 9.80. The van der Waals surface area contributed by atoms with Crippen LogP contribution >= 0.6 is 0 Å². The molecule has 1 aliphatic heterocycles. The van der Waals surface area contributed by atoms with Crippen LogP contribution in [-0.2, 0) is 9.53 Å². The Hall–Kier alpha value is -1.99. The van der Waals surface area contributed by atoms with Gasteiger partial charge in [-0.2, -0.15) is 0 Å². The van der Waals surface area contributed by atoms with Crippen molar-refractivity contribution in [1.82, 2.24) is 20.9 Å². The maximum atomic E-state index is 12.1. The normalized spacial score (nSPS) is 19.3. The van der Waals surface area contributed by atoms with Crippen molar-refractivity contribution in [2.24, 2.45) is 4.99 Å². The molecule has 0 spiro atoms. The lowest BCUT2D eigenvalue weighted by Gasteiger charge is -2.40. The Kier molecular flexibility index (Phi) is 7.74. The predicted octanol–water partition coefficient (Wildman–Crippen LogP) is 1.61. The zero-order valence-corrected chi connectivity index (χ0v) is 17.1. The third-order valence-electron chi connectivity index (χ3n) is 4.57. The van der Waals surface area contributed by atoms with E-state index < -0.39 is 5.60 Å². The van der Waals surface area contributed by atoms with Crippen LogP contribution in [-0.4, -0.2) is 66.7 Å². The van der Waals surface area contributed by atoms with Gasteiger partial charge in [-0.1, -0.05) is 19.3 Å². The maximum absolute atomic E-state index is 12.1. The van der Waals surface area contributed by atoms with Crippen molar-refractivity contribution in [3.8, 4) is 0 Å². The second-order valence-electron chi connectivity index (χ2n) is 8.32. The molecule has 0 atom stereocenters. The summed E-state index contributed by atoms with van der Waals surface area (Å²) in [5.41, 5.74) is -0.488. The number of nitrogens with one attached hydrogen (secondary N) is 3. The third-order valence-corrected chi connectivity index (χ3v) is 4.57. The van der Waals surface area contributed by atoms with Gasteiger partial charge in [0.1, 0.15) is 12.1 Å². The molecule has 8 nitrogen and oxygen atoms in total. The molecule has 1 saturated heterocycles. The lowest BCUT2D eigenvalue weighted by molar-refractivity contribution is -0.120. The van der Waals surface area contributed by atoms with Gasteiger partial charge < -0.3 is 25.6 Å². The van der Waals surface area contributed by atoms with E-state index in [1.54, 1.807) is 4.90 Å². The highest BCUT2D eigenvalue weighted by Gasteiger charge is 2.34. The molecule has 0 aromatic heterocycles. The molecular weight excluding hydrogens is 346 g/mol. The average molecular weight is 382 g/mol. The molecule has 0 aromatic carbocycles. The molecule has 1 heterocycles. The molecule has 8 heteroatoms. The Balaban J connectivity index is 1.74. The minimum atomic E-state index is -0.488. The number of carbonyl (C=O) groups excluding carboxylic acids is 2. The number of amides is 2. The zero-order chi connectivity index (χ0) is 19.9. The predicted molar refractivity (Wildman–Crippen MR) is 106 cm³/mol. The van der Waals surface area contributed by atoms with E-state index in [0.29, 0.717) is 31.6 Å². The monoisotopic (exact) mass is 381 g/mol. The van der Waals surface area contributed by atoms with Crippen LogP contribution in [0.3, 0.4) is 0 Å². The van der Waals surface area contributed by atoms with Gasteiger partial charge in [-0.05, 0) is 40.5 Å². The molecule has 0 radical (unpaired) electrons. The fourth-order valence-corrected chi connectivity index (χ4v) is 3.23. The van der Waals surface area contributed by atoms with Gasteiger partial charge in [0.15, 0.2) is 5.96 Å². The standard InChI is InChI=1S/C19H35N5O3/c1-5-20-17(21-11-16(25)22-14-9-7-6-8-10-14)23-15-12-24(13-15)18(26)27-19(2,3)4/h14-15H,5-13H2,1-4H3,(H,22,25)(H2,20,21,23). The Morgan fingerprint density at radius 3 is 2.33 bits per heavy atom. The van der Waals surface area contributed by atoms with Gasteiger partial charge in [0.05, 0.1) is 6.04 Å². The number of guanidine groups is 1. The van der Waals surface area contributed by atoms with Crippen molar-refractivity contribution in [2.75, 3.05) is 26.2 Å². The molecule has 1 aliphatic carbocycles. The van der Waals surface area contributed by atoms with E-state index in [-0.39, 0.29) is 24.6 Å². The fraction of sp³-hybridized carbons (Fsp3) is 0.842. The van der Waals surface area contributed by atoms with Crippen LogP contribution in [0.25, 0.3) is 0 Å². The quantitative estimate of drug-likeness (QED) is 0.497. The first-order chi connectivity index (χ1) is 12.8. The Morgan fingerprint density at radius 2 is 1.74 bits per heavy atom. The van der Waals surface area contributed by atoms with Crippen LogP contribution in [0.2, 0.25) is 0 Å². The van der Waals surface area contributed by atoms with Gasteiger partial charge in [0, 0.05) is 25.7 Å². The smallest absolute Gasteiger partial charge is 0.410 e. The molecule has 2 rings (SSSR count). The highest BCUT2D eigenvalue weighted by Crippen LogP contribution is 2.17. The molecule has 3 N–H and O–H groups in total. The molecule has 2 fully saturated rings. The molecule has 0 bridgehead atoms. The van der Waals surface area contributed by atoms with Gasteiger partial charge in [-0.25, -0.2) is 9.79 Å². The number of nitrogens with zero attached hydrogens (tertiary/aromatic N) is 2. The summed E-state index contributed by atoms with van der Waals surface area (Å²) in [7, 11) is 0. The fourth-order valence-electron chi connectivity index (χ4n) is 3.23. The van der Waals surface area contributed by atoms with Crippen LogP contribution in [0, 0.1) is 0 Å². The number of hydrogen-bond donors (Lipinski definition) is 3. The first-order valence-corrected chi connectivity index (χ1v) is 10.1. The number of carbonyl (C=O) groups is 2. The number of ether oxygens (including phenoxy) is 1. The molecular formula is C19H35N5O3. The lowest BCUT2D eigenvalue weighted by atomic mass is 9.95. The van der Waals surface area contributed by atoms with Crippen LogP contribution in [0.4, 0.5) is 4.79 Å². The van der Waals surface area contributed by atoms with Crippen LogP contribution < -0.4 is 16.0 Å². The van der Waals surface area contributed by atoms with E-state index in [1.165, 1.54) is 19.3 Å². The molecule has 2 aliphatic rings. The molecule has 1 saturated carbocycles. The lowest BCUT2D eigenvalue weighted by Crippen LogP contribution is -2.63. The SMILES string of the molecule is CCNC(=NCC(=O)NC1CCCCC1)NC1CN(C(=O)OC(C)(C)C)C1.